The minimum atomic E-state index is -1.24. The summed E-state index contributed by atoms with van der Waals surface area (Å²) in [5, 5.41) is 15.6. The van der Waals surface area contributed by atoms with Crippen molar-refractivity contribution in [3.63, 3.8) is 0 Å². The Morgan fingerprint density at radius 1 is 1.48 bits per heavy atom. The van der Waals surface area contributed by atoms with Crippen LogP contribution in [0.15, 0.2) is 16.7 Å². The Kier molecular flexibility index (Phi) is 4.39. The number of alkyl halides is 1. The van der Waals surface area contributed by atoms with E-state index in [1.165, 1.54) is 4.68 Å². The molecule has 1 N–H and O–H groups in total. The number of esters is 1. The van der Waals surface area contributed by atoms with Crippen molar-refractivity contribution >= 4 is 32.9 Å². The second kappa shape index (κ2) is 6.02. The number of hydrogen-bond donors (Lipinski definition) is 1. The number of carbonyl (C=O) groups is 1. The number of fused-ring (bicyclic) bond motifs is 1. The van der Waals surface area contributed by atoms with E-state index >= 15 is 0 Å². The van der Waals surface area contributed by atoms with Gasteiger partial charge in [0.25, 0.3) is 0 Å². The third-order valence-electron chi connectivity index (χ3n) is 4.32. The van der Waals surface area contributed by atoms with Crippen LogP contribution in [0.5, 0.6) is 0 Å². The monoisotopic (exact) mass is 413 g/mol. The largest absolute Gasteiger partial charge is 0.461 e. The lowest BCUT2D eigenvalue weighted by atomic mass is 9.75. The second-order valence-electron chi connectivity index (χ2n) is 7.32. The first-order valence-electron chi connectivity index (χ1n) is 8.18. The number of rotatable bonds is 4. The smallest absolute Gasteiger partial charge is 0.334 e. The standard InChI is InChI=1S/C17H21BrFN3O3/c1-9(2)25-15(23)17(7-10(19)8-17)22-14-11(5-6-12(18)20-14)13(21-22)16(3,4)24/h5-6,9-10,24H,7-8H2,1-4H3. The molecule has 0 saturated heterocycles. The summed E-state index contributed by atoms with van der Waals surface area (Å²) in [5.41, 5.74) is -1.67. The highest BCUT2D eigenvalue weighted by molar-refractivity contribution is 9.10. The van der Waals surface area contributed by atoms with Crippen LogP contribution in [0.4, 0.5) is 4.39 Å². The number of halogens is 2. The predicted octanol–water partition coefficient (Wildman–Crippen LogP) is 3.20. The SMILES string of the molecule is CC(C)OC(=O)C1(n2nc(C(C)(C)O)c3ccc(Br)nc32)CC(F)C1. The number of ether oxygens (including phenoxy) is 1. The maximum atomic E-state index is 13.8. The van der Waals surface area contributed by atoms with Gasteiger partial charge < -0.3 is 9.84 Å². The molecule has 1 aliphatic rings. The van der Waals surface area contributed by atoms with E-state index in [0.29, 0.717) is 21.3 Å². The average Bonchev–Trinajstić information content (AvgIpc) is 2.81. The maximum absolute atomic E-state index is 13.8. The molecule has 2 heterocycles. The van der Waals surface area contributed by atoms with Crippen molar-refractivity contribution in [1.29, 1.82) is 0 Å². The van der Waals surface area contributed by atoms with Gasteiger partial charge in [-0.15, -0.1) is 0 Å². The van der Waals surface area contributed by atoms with Crippen LogP contribution in [0.25, 0.3) is 11.0 Å². The molecule has 1 aliphatic carbocycles. The summed E-state index contributed by atoms with van der Waals surface area (Å²) >= 11 is 3.32. The molecular weight excluding hydrogens is 393 g/mol. The number of hydrogen-bond acceptors (Lipinski definition) is 5. The van der Waals surface area contributed by atoms with Gasteiger partial charge in [-0.3, -0.25) is 0 Å². The molecule has 8 heteroatoms. The Hall–Kier alpha value is -1.54. The summed E-state index contributed by atoms with van der Waals surface area (Å²) in [5.74, 6) is -0.523. The van der Waals surface area contributed by atoms with Gasteiger partial charge in [-0.2, -0.15) is 5.10 Å². The summed E-state index contributed by atoms with van der Waals surface area (Å²) in [6, 6.07) is 3.51. The van der Waals surface area contributed by atoms with Gasteiger partial charge in [0.05, 0.1) is 6.10 Å². The highest BCUT2D eigenvalue weighted by Crippen LogP contribution is 2.45. The molecule has 0 bridgehead atoms. The second-order valence-corrected chi connectivity index (χ2v) is 8.13. The maximum Gasteiger partial charge on any atom is 0.334 e. The first-order chi connectivity index (χ1) is 11.5. The highest BCUT2D eigenvalue weighted by Gasteiger charge is 2.56. The molecule has 0 radical (unpaired) electrons. The Labute approximate surface area is 153 Å². The van der Waals surface area contributed by atoms with E-state index in [4.69, 9.17) is 4.74 Å². The lowest BCUT2D eigenvalue weighted by Gasteiger charge is -2.42. The van der Waals surface area contributed by atoms with Crippen LogP contribution < -0.4 is 0 Å². The molecule has 2 aromatic rings. The van der Waals surface area contributed by atoms with Gasteiger partial charge in [-0.05, 0) is 55.8 Å². The quantitative estimate of drug-likeness (QED) is 0.614. The molecule has 0 atom stereocenters. The average molecular weight is 414 g/mol. The molecule has 2 aromatic heterocycles. The van der Waals surface area contributed by atoms with Crippen LogP contribution in [-0.2, 0) is 20.7 Å². The number of carbonyl (C=O) groups excluding carboxylic acids is 1. The normalized spacial score (nSPS) is 23.8. The minimum absolute atomic E-state index is 0.0190. The predicted molar refractivity (Wildman–Crippen MR) is 93.8 cm³/mol. The van der Waals surface area contributed by atoms with Crippen LogP contribution in [-0.4, -0.2) is 38.1 Å². The van der Waals surface area contributed by atoms with E-state index in [1.54, 1.807) is 39.8 Å². The molecular formula is C17H21BrFN3O3. The van der Waals surface area contributed by atoms with Gasteiger partial charge in [0.1, 0.15) is 22.1 Å². The van der Waals surface area contributed by atoms with E-state index in [2.05, 4.69) is 26.0 Å². The van der Waals surface area contributed by atoms with Crippen molar-refractivity contribution in [1.82, 2.24) is 14.8 Å². The summed E-state index contributed by atoms with van der Waals surface area (Å²) in [4.78, 5) is 17.2. The first-order valence-corrected chi connectivity index (χ1v) is 8.97. The lowest BCUT2D eigenvalue weighted by Crippen LogP contribution is -2.55. The summed E-state index contributed by atoms with van der Waals surface area (Å²) in [7, 11) is 0. The topological polar surface area (TPSA) is 77.2 Å². The van der Waals surface area contributed by atoms with Crippen molar-refractivity contribution in [2.75, 3.05) is 0 Å². The molecule has 3 rings (SSSR count). The number of aromatic nitrogens is 3. The Morgan fingerprint density at radius 3 is 2.64 bits per heavy atom. The van der Waals surface area contributed by atoms with Crippen LogP contribution in [0.1, 0.15) is 46.2 Å². The Morgan fingerprint density at radius 2 is 2.12 bits per heavy atom. The van der Waals surface area contributed by atoms with Crippen LogP contribution >= 0.6 is 15.9 Å². The van der Waals surface area contributed by atoms with Crippen molar-refractivity contribution in [2.45, 2.75) is 64.0 Å². The fourth-order valence-electron chi connectivity index (χ4n) is 3.15. The number of aliphatic hydroxyl groups is 1. The molecule has 0 unspecified atom stereocenters. The lowest BCUT2D eigenvalue weighted by molar-refractivity contribution is -0.168. The number of pyridine rings is 1. The van der Waals surface area contributed by atoms with Crippen LogP contribution in [0.2, 0.25) is 0 Å². The van der Waals surface area contributed by atoms with E-state index in [-0.39, 0.29) is 18.9 Å². The van der Waals surface area contributed by atoms with Crippen molar-refractivity contribution in [3.8, 4) is 0 Å². The van der Waals surface area contributed by atoms with Crippen LogP contribution in [0.3, 0.4) is 0 Å². The number of nitrogens with zero attached hydrogens (tertiary/aromatic N) is 3. The Bertz CT molecular complexity index is 822. The third-order valence-corrected chi connectivity index (χ3v) is 4.76. The van der Waals surface area contributed by atoms with Gasteiger partial charge >= 0.3 is 5.97 Å². The zero-order valence-electron chi connectivity index (χ0n) is 14.6. The molecule has 25 heavy (non-hydrogen) atoms. The fraction of sp³-hybridized carbons (Fsp3) is 0.588. The molecule has 136 valence electrons. The third kappa shape index (κ3) is 3.06. The molecule has 0 spiro atoms. The molecule has 0 aliphatic heterocycles. The van der Waals surface area contributed by atoms with Crippen molar-refractivity contribution in [2.24, 2.45) is 0 Å². The van der Waals surface area contributed by atoms with E-state index in [9.17, 15) is 14.3 Å². The molecule has 1 fully saturated rings. The Balaban J connectivity index is 2.22. The van der Waals surface area contributed by atoms with E-state index in [0.717, 1.165) is 0 Å². The molecule has 0 amide bonds. The zero-order chi connectivity index (χ0) is 18.6. The summed E-state index contributed by atoms with van der Waals surface area (Å²) in [6.45, 7) is 6.71. The van der Waals surface area contributed by atoms with E-state index in [1.807, 2.05) is 0 Å². The van der Waals surface area contributed by atoms with Crippen molar-refractivity contribution < 1.29 is 19.0 Å². The van der Waals surface area contributed by atoms with E-state index < -0.39 is 23.3 Å². The van der Waals surface area contributed by atoms with Gasteiger partial charge in [0.2, 0.25) is 0 Å². The fourth-order valence-corrected chi connectivity index (χ4v) is 3.45. The van der Waals surface area contributed by atoms with Gasteiger partial charge in [-0.25, -0.2) is 18.9 Å². The summed E-state index contributed by atoms with van der Waals surface area (Å²) < 4.78 is 21.1. The first kappa shape index (κ1) is 18.3. The van der Waals surface area contributed by atoms with Crippen molar-refractivity contribution in [3.05, 3.63) is 22.4 Å². The summed E-state index contributed by atoms with van der Waals surface area (Å²) in [6.07, 6.45) is -1.46. The van der Waals surface area contributed by atoms with Gasteiger partial charge in [0, 0.05) is 18.2 Å². The molecule has 6 nitrogen and oxygen atoms in total. The molecule has 0 aromatic carbocycles. The highest BCUT2D eigenvalue weighted by atomic mass is 79.9. The van der Waals surface area contributed by atoms with Crippen LogP contribution in [0, 0.1) is 0 Å². The molecule has 1 saturated carbocycles. The zero-order valence-corrected chi connectivity index (χ0v) is 16.2. The van der Waals surface area contributed by atoms with Gasteiger partial charge in [0.15, 0.2) is 11.2 Å². The minimum Gasteiger partial charge on any atom is -0.461 e. The van der Waals surface area contributed by atoms with Gasteiger partial charge in [-0.1, -0.05) is 0 Å².